The Morgan fingerprint density at radius 2 is 2.57 bits per heavy atom. The van der Waals surface area contributed by atoms with Gasteiger partial charge in [0.1, 0.15) is 6.10 Å². The maximum atomic E-state index is 11.3. The smallest absolute Gasteiger partial charge is 0.263 e. The van der Waals surface area contributed by atoms with Crippen molar-refractivity contribution in [3.05, 3.63) is 0 Å². The molecule has 0 bridgehead atoms. The first-order valence-electron chi connectivity index (χ1n) is 5.01. The highest BCUT2D eigenvalue weighted by atomic mass is 16.6. The maximum Gasteiger partial charge on any atom is 0.263 e. The molecular formula is C9H18N2O3. The van der Waals surface area contributed by atoms with Gasteiger partial charge in [-0.05, 0) is 12.8 Å². The van der Waals surface area contributed by atoms with E-state index in [9.17, 15) is 4.79 Å². The lowest BCUT2D eigenvalue weighted by molar-refractivity contribution is -0.137. The molecule has 0 aromatic rings. The third kappa shape index (κ3) is 3.25. The quantitative estimate of drug-likeness (QED) is 0.372. The second-order valence-electron chi connectivity index (χ2n) is 3.41. The summed E-state index contributed by atoms with van der Waals surface area (Å²) < 4.78 is 10.7. The summed E-state index contributed by atoms with van der Waals surface area (Å²) in [6, 6.07) is 0. The molecule has 0 aromatic heterocycles. The Balaban J connectivity index is 2.37. The molecule has 14 heavy (non-hydrogen) atoms. The number of nitrogens with one attached hydrogen (secondary N) is 1. The fraction of sp³-hybridized carbons (Fsp3) is 0.889. The van der Waals surface area contributed by atoms with Gasteiger partial charge in [-0.25, -0.2) is 5.84 Å². The molecule has 1 amide bonds. The number of hydrogen-bond acceptors (Lipinski definition) is 4. The molecule has 0 radical (unpaired) electrons. The van der Waals surface area contributed by atoms with Crippen LogP contribution in [-0.4, -0.2) is 31.3 Å². The fourth-order valence-electron chi connectivity index (χ4n) is 1.47. The van der Waals surface area contributed by atoms with Gasteiger partial charge in [0.25, 0.3) is 5.91 Å². The van der Waals surface area contributed by atoms with Crippen molar-refractivity contribution in [3.63, 3.8) is 0 Å². The molecule has 1 saturated heterocycles. The van der Waals surface area contributed by atoms with Crippen LogP contribution < -0.4 is 11.3 Å². The van der Waals surface area contributed by atoms with Gasteiger partial charge in [0.15, 0.2) is 0 Å². The van der Waals surface area contributed by atoms with Gasteiger partial charge in [0.2, 0.25) is 0 Å². The first-order valence-corrected chi connectivity index (χ1v) is 5.01. The molecule has 0 aliphatic carbocycles. The Morgan fingerprint density at radius 1 is 1.79 bits per heavy atom. The van der Waals surface area contributed by atoms with Gasteiger partial charge in [0.05, 0.1) is 12.7 Å². The second kappa shape index (κ2) is 5.95. The summed E-state index contributed by atoms with van der Waals surface area (Å²) in [7, 11) is 0. The highest BCUT2D eigenvalue weighted by molar-refractivity contribution is 5.80. The van der Waals surface area contributed by atoms with Crippen molar-refractivity contribution in [2.45, 2.75) is 38.4 Å². The number of nitrogens with two attached hydrogens (primary N) is 1. The minimum atomic E-state index is -0.434. The number of rotatable bonds is 5. The average molecular weight is 202 g/mol. The molecule has 1 aliphatic heterocycles. The molecule has 2 unspecified atom stereocenters. The molecule has 1 heterocycles. The van der Waals surface area contributed by atoms with Gasteiger partial charge in [-0.2, -0.15) is 0 Å². The molecule has 5 heteroatoms. The second-order valence-corrected chi connectivity index (χ2v) is 3.41. The molecule has 2 atom stereocenters. The summed E-state index contributed by atoms with van der Waals surface area (Å²) in [5.41, 5.74) is 2.12. The van der Waals surface area contributed by atoms with Crippen molar-refractivity contribution in [3.8, 4) is 0 Å². The summed E-state index contributed by atoms with van der Waals surface area (Å²) in [5.74, 6) is 4.82. The zero-order valence-electron chi connectivity index (χ0n) is 8.49. The normalized spacial score (nSPS) is 23.4. The molecular weight excluding hydrogens is 184 g/mol. The molecule has 1 fully saturated rings. The van der Waals surface area contributed by atoms with Crippen LogP contribution in [0, 0.1) is 0 Å². The van der Waals surface area contributed by atoms with E-state index >= 15 is 0 Å². The van der Waals surface area contributed by atoms with Crippen LogP contribution in [-0.2, 0) is 14.3 Å². The number of hydrazine groups is 1. The molecule has 1 rings (SSSR count). The Hall–Kier alpha value is -0.650. The van der Waals surface area contributed by atoms with Gasteiger partial charge >= 0.3 is 0 Å². The van der Waals surface area contributed by atoms with Gasteiger partial charge in [0, 0.05) is 6.61 Å². The van der Waals surface area contributed by atoms with E-state index in [4.69, 9.17) is 15.3 Å². The van der Waals surface area contributed by atoms with Crippen molar-refractivity contribution in [1.29, 1.82) is 0 Å². The molecule has 0 saturated carbocycles. The minimum Gasteiger partial charge on any atom is -0.379 e. The molecule has 0 aromatic carbocycles. The standard InChI is InChI=1S/C9H18N2O3/c1-2-3-8(9(12)11-10)14-7-4-5-13-6-7/h7-8H,2-6,10H2,1H3,(H,11,12). The van der Waals surface area contributed by atoms with Crippen LogP contribution in [0.4, 0.5) is 0 Å². The summed E-state index contributed by atoms with van der Waals surface area (Å²) in [6.07, 6.45) is 2.06. The molecule has 5 nitrogen and oxygen atoms in total. The number of ether oxygens (including phenoxy) is 2. The first-order chi connectivity index (χ1) is 6.77. The van der Waals surface area contributed by atoms with Crippen molar-refractivity contribution in [2.75, 3.05) is 13.2 Å². The zero-order chi connectivity index (χ0) is 10.4. The third-order valence-electron chi connectivity index (χ3n) is 2.23. The Labute approximate surface area is 83.9 Å². The van der Waals surface area contributed by atoms with Crippen LogP contribution >= 0.6 is 0 Å². The zero-order valence-corrected chi connectivity index (χ0v) is 8.49. The van der Waals surface area contributed by atoms with E-state index in [1.165, 1.54) is 0 Å². The number of carbonyl (C=O) groups excluding carboxylic acids is 1. The van der Waals surface area contributed by atoms with Crippen molar-refractivity contribution >= 4 is 5.91 Å². The summed E-state index contributed by atoms with van der Waals surface area (Å²) >= 11 is 0. The molecule has 82 valence electrons. The third-order valence-corrected chi connectivity index (χ3v) is 2.23. The van der Waals surface area contributed by atoms with Crippen LogP contribution in [0.5, 0.6) is 0 Å². The van der Waals surface area contributed by atoms with Crippen LogP contribution in [0.2, 0.25) is 0 Å². The average Bonchev–Trinajstić information content (AvgIpc) is 2.68. The number of hydrogen-bond donors (Lipinski definition) is 2. The highest BCUT2D eigenvalue weighted by Gasteiger charge is 2.24. The number of carbonyl (C=O) groups is 1. The lowest BCUT2D eigenvalue weighted by Gasteiger charge is -2.19. The van der Waals surface area contributed by atoms with E-state index in [-0.39, 0.29) is 12.0 Å². The predicted molar refractivity (Wildman–Crippen MR) is 51.3 cm³/mol. The Bertz CT molecular complexity index is 181. The van der Waals surface area contributed by atoms with Gasteiger partial charge < -0.3 is 9.47 Å². The highest BCUT2D eigenvalue weighted by Crippen LogP contribution is 2.13. The lowest BCUT2D eigenvalue weighted by atomic mass is 10.2. The van der Waals surface area contributed by atoms with E-state index in [1.54, 1.807) is 0 Å². The lowest BCUT2D eigenvalue weighted by Crippen LogP contribution is -2.42. The SMILES string of the molecule is CCCC(OC1CCOC1)C(=O)NN. The number of amides is 1. The fourth-order valence-corrected chi connectivity index (χ4v) is 1.47. The molecule has 0 spiro atoms. The van der Waals surface area contributed by atoms with E-state index in [0.29, 0.717) is 19.6 Å². The van der Waals surface area contributed by atoms with E-state index < -0.39 is 6.10 Å². The maximum absolute atomic E-state index is 11.3. The van der Waals surface area contributed by atoms with Gasteiger partial charge in [-0.1, -0.05) is 13.3 Å². The summed E-state index contributed by atoms with van der Waals surface area (Å²) in [6.45, 7) is 3.30. The van der Waals surface area contributed by atoms with Crippen LogP contribution in [0.3, 0.4) is 0 Å². The minimum absolute atomic E-state index is 0.0452. The molecule has 3 N–H and O–H groups in total. The Morgan fingerprint density at radius 3 is 3.07 bits per heavy atom. The van der Waals surface area contributed by atoms with Crippen molar-refractivity contribution in [1.82, 2.24) is 5.43 Å². The van der Waals surface area contributed by atoms with Crippen LogP contribution in [0.1, 0.15) is 26.2 Å². The van der Waals surface area contributed by atoms with Crippen molar-refractivity contribution < 1.29 is 14.3 Å². The Kier molecular flexibility index (Phi) is 4.86. The van der Waals surface area contributed by atoms with E-state index in [1.807, 2.05) is 6.92 Å². The summed E-state index contributed by atoms with van der Waals surface area (Å²) in [4.78, 5) is 11.3. The first kappa shape index (κ1) is 11.4. The van der Waals surface area contributed by atoms with Crippen molar-refractivity contribution in [2.24, 2.45) is 5.84 Å². The van der Waals surface area contributed by atoms with E-state index in [0.717, 1.165) is 12.8 Å². The monoisotopic (exact) mass is 202 g/mol. The summed E-state index contributed by atoms with van der Waals surface area (Å²) in [5, 5.41) is 0. The molecule has 1 aliphatic rings. The topological polar surface area (TPSA) is 73.6 Å². The predicted octanol–water partition coefficient (Wildman–Crippen LogP) is -0.0495. The van der Waals surface area contributed by atoms with Crippen LogP contribution in [0.25, 0.3) is 0 Å². The van der Waals surface area contributed by atoms with Crippen LogP contribution in [0.15, 0.2) is 0 Å². The largest absolute Gasteiger partial charge is 0.379 e. The van der Waals surface area contributed by atoms with E-state index in [2.05, 4.69) is 5.43 Å². The van der Waals surface area contributed by atoms with Gasteiger partial charge in [-0.3, -0.25) is 10.2 Å². The van der Waals surface area contributed by atoms with Gasteiger partial charge in [-0.15, -0.1) is 0 Å².